The third kappa shape index (κ3) is 1.76. The van der Waals surface area contributed by atoms with Gasteiger partial charge in [0.25, 0.3) is 0 Å². The molecule has 0 aliphatic heterocycles. The Morgan fingerprint density at radius 1 is 1.44 bits per heavy atom. The second kappa shape index (κ2) is 3.92. The number of H-pyrrole nitrogens is 1. The molecular formula is C11H14N4O. The molecule has 16 heavy (non-hydrogen) atoms. The van der Waals surface area contributed by atoms with E-state index >= 15 is 0 Å². The van der Waals surface area contributed by atoms with Crippen molar-refractivity contribution in [1.82, 2.24) is 15.0 Å². The van der Waals surface area contributed by atoms with Gasteiger partial charge in [-0.3, -0.25) is 4.79 Å². The van der Waals surface area contributed by atoms with E-state index in [4.69, 9.17) is 0 Å². The Labute approximate surface area is 93.2 Å². The number of hydrogen-bond acceptors (Lipinski definition) is 4. The molecule has 5 nitrogen and oxygen atoms in total. The maximum Gasteiger partial charge on any atom is 0.209 e. The van der Waals surface area contributed by atoms with Crippen LogP contribution in [0.15, 0.2) is 17.1 Å². The van der Waals surface area contributed by atoms with Crippen LogP contribution in [0.2, 0.25) is 0 Å². The number of nitrogens with one attached hydrogen (secondary N) is 1. The van der Waals surface area contributed by atoms with Gasteiger partial charge in [-0.25, -0.2) is 9.97 Å². The summed E-state index contributed by atoms with van der Waals surface area (Å²) in [6.45, 7) is 1.98. The SMILES string of the molecule is CCc1cc(=O)c2nc(N(C)C)cnc2[nH]1. The normalized spacial score (nSPS) is 10.7. The molecule has 0 radical (unpaired) electrons. The number of pyridine rings is 1. The van der Waals surface area contributed by atoms with E-state index in [9.17, 15) is 4.79 Å². The van der Waals surface area contributed by atoms with E-state index in [1.54, 1.807) is 12.3 Å². The molecule has 2 aromatic rings. The largest absolute Gasteiger partial charge is 0.361 e. The topological polar surface area (TPSA) is 61.9 Å². The average molecular weight is 218 g/mol. The molecule has 0 unspecified atom stereocenters. The van der Waals surface area contributed by atoms with Gasteiger partial charge in [0, 0.05) is 25.9 Å². The van der Waals surface area contributed by atoms with E-state index in [-0.39, 0.29) is 5.43 Å². The van der Waals surface area contributed by atoms with Crippen molar-refractivity contribution in [2.45, 2.75) is 13.3 Å². The molecule has 2 rings (SSSR count). The zero-order chi connectivity index (χ0) is 11.7. The summed E-state index contributed by atoms with van der Waals surface area (Å²) >= 11 is 0. The number of hydrogen-bond donors (Lipinski definition) is 1. The number of nitrogens with zero attached hydrogens (tertiary/aromatic N) is 3. The van der Waals surface area contributed by atoms with Gasteiger partial charge in [-0.2, -0.15) is 0 Å². The highest BCUT2D eigenvalue weighted by Gasteiger charge is 2.06. The number of aryl methyl sites for hydroxylation is 1. The van der Waals surface area contributed by atoms with Crippen molar-refractivity contribution >= 4 is 17.0 Å². The molecule has 0 saturated carbocycles. The van der Waals surface area contributed by atoms with E-state index in [0.717, 1.165) is 12.1 Å². The number of fused-ring (bicyclic) bond motifs is 1. The van der Waals surface area contributed by atoms with Gasteiger partial charge >= 0.3 is 0 Å². The molecule has 5 heteroatoms. The summed E-state index contributed by atoms with van der Waals surface area (Å²) in [6, 6.07) is 1.58. The average Bonchev–Trinajstić information content (AvgIpc) is 2.28. The Morgan fingerprint density at radius 2 is 2.19 bits per heavy atom. The summed E-state index contributed by atoms with van der Waals surface area (Å²) in [7, 11) is 3.73. The van der Waals surface area contributed by atoms with Gasteiger partial charge in [0.2, 0.25) is 5.43 Å². The molecule has 0 aliphatic carbocycles. The molecule has 0 aliphatic rings. The van der Waals surface area contributed by atoms with Crippen LogP contribution in [-0.4, -0.2) is 29.0 Å². The summed E-state index contributed by atoms with van der Waals surface area (Å²) in [6.07, 6.45) is 2.43. The van der Waals surface area contributed by atoms with Crippen LogP contribution in [0.3, 0.4) is 0 Å². The highest BCUT2D eigenvalue weighted by Crippen LogP contribution is 2.09. The van der Waals surface area contributed by atoms with Crippen LogP contribution >= 0.6 is 0 Å². The van der Waals surface area contributed by atoms with E-state index < -0.39 is 0 Å². The number of rotatable bonds is 2. The lowest BCUT2D eigenvalue weighted by Gasteiger charge is -2.10. The van der Waals surface area contributed by atoms with Gasteiger partial charge in [0.1, 0.15) is 5.82 Å². The Morgan fingerprint density at radius 3 is 2.81 bits per heavy atom. The van der Waals surface area contributed by atoms with Crippen molar-refractivity contribution in [3.63, 3.8) is 0 Å². The van der Waals surface area contributed by atoms with Gasteiger partial charge in [-0.05, 0) is 6.42 Å². The molecule has 2 heterocycles. The molecule has 1 N–H and O–H groups in total. The first-order valence-electron chi connectivity index (χ1n) is 5.18. The molecule has 0 fully saturated rings. The van der Waals surface area contributed by atoms with E-state index in [1.807, 2.05) is 25.9 Å². The summed E-state index contributed by atoms with van der Waals surface area (Å²) < 4.78 is 0. The summed E-state index contributed by atoms with van der Waals surface area (Å²) in [5.41, 5.74) is 1.74. The highest BCUT2D eigenvalue weighted by atomic mass is 16.1. The summed E-state index contributed by atoms with van der Waals surface area (Å²) in [5, 5.41) is 0. The van der Waals surface area contributed by atoms with Crippen molar-refractivity contribution in [3.8, 4) is 0 Å². The van der Waals surface area contributed by atoms with Gasteiger partial charge in [-0.15, -0.1) is 0 Å². The Balaban J connectivity index is 2.71. The van der Waals surface area contributed by atoms with Crippen molar-refractivity contribution in [2.75, 3.05) is 19.0 Å². The van der Waals surface area contributed by atoms with Crippen LogP contribution in [0.25, 0.3) is 11.2 Å². The van der Waals surface area contributed by atoms with Crippen LogP contribution in [-0.2, 0) is 6.42 Å². The fourth-order valence-corrected chi connectivity index (χ4v) is 1.46. The van der Waals surface area contributed by atoms with Crippen molar-refractivity contribution in [1.29, 1.82) is 0 Å². The number of aromatic nitrogens is 3. The first-order chi connectivity index (χ1) is 7.61. The van der Waals surface area contributed by atoms with Crippen molar-refractivity contribution in [2.24, 2.45) is 0 Å². The van der Waals surface area contributed by atoms with Crippen molar-refractivity contribution in [3.05, 3.63) is 28.2 Å². The molecule has 84 valence electrons. The second-order valence-electron chi connectivity index (χ2n) is 3.83. The van der Waals surface area contributed by atoms with Crippen LogP contribution in [0.5, 0.6) is 0 Å². The van der Waals surface area contributed by atoms with Crippen LogP contribution in [0.4, 0.5) is 5.82 Å². The fraction of sp³-hybridized carbons (Fsp3) is 0.364. The Hall–Kier alpha value is -1.91. The quantitative estimate of drug-likeness (QED) is 0.815. The zero-order valence-electron chi connectivity index (χ0n) is 9.61. The molecular weight excluding hydrogens is 204 g/mol. The van der Waals surface area contributed by atoms with Crippen LogP contribution < -0.4 is 10.3 Å². The van der Waals surface area contributed by atoms with Gasteiger partial charge < -0.3 is 9.88 Å². The molecule has 0 bridgehead atoms. The maximum atomic E-state index is 11.8. The molecule has 0 aromatic carbocycles. The maximum absolute atomic E-state index is 11.8. The van der Waals surface area contributed by atoms with Gasteiger partial charge in [0.15, 0.2) is 11.2 Å². The molecule has 0 saturated heterocycles. The zero-order valence-corrected chi connectivity index (χ0v) is 9.61. The van der Waals surface area contributed by atoms with E-state index in [0.29, 0.717) is 17.0 Å². The van der Waals surface area contributed by atoms with E-state index in [1.165, 1.54) is 0 Å². The van der Waals surface area contributed by atoms with Crippen LogP contribution in [0.1, 0.15) is 12.6 Å². The Bertz CT molecular complexity index is 574. The smallest absolute Gasteiger partial charge is 0.209 e. The predicted molar refractivity (Wildman–Crippen MR) is 63.9 cm³/mol. The monoisotopic (exact) mass is 218 g/mol. The minimum Gasteiger partial charge on any atom is -0.361 e. The Kier molecular flexibility index (Phi) is 2.60. The minimum atomic E-state index is -0.0817. The number of aromatic amines is 1. The first-order valence-corrected chi connectivity index (χ1v) is 5.18. The molecule has 2 aromatic heterocycles. The lowest BCUT2D eigenvalue weighted by atomic mass is 10.3. The first kappa shape index (κ1) is 10.6. The standard InChI is InChI=1S/C11H14N4O/c1-4-7-5-8(16)10-11(13-7)12-6-9(14-10)15(2)3/h5-6H,4H2,1-3H3,(H,12,13,16). The molecule has 0 atom stereocenters. The number of anilines is 1. The fourth-order valence-electron chi connectivity index (χ4n) is 1.46. The highest BCUT2D eigenvalue weighted by molar-refractivity contribution is 5.71. The second-order valence-corrected chi connectivity index (χ2v) is 3.83. The predicted octanol–water partition coefficient (Wildman–Crippen LogP) is 0.946. The molecule has 0 amide bonds. The molecule has 0 spiro atoms. The van der Waals surface area contributed by atoms with E-state index in [2.05, 4.69) is 15.0 Å². The van der Waals surface area contributed by atoms with Crippen molar-refractivity contribution < 1.29 is 0 Å². The summed E-state index contributed by atoms with van der Waals surface area (Å²) in [4.78, 5) is 25.2. The lowest BCUT2D eigenvalue weighted by Crippen LogP contribution is -2.14. The lowest BCUT2D eigenvalue weighted by molar-refractivity contribution is 1.02. The van der Waals surface area contributed by atoms with Gasteiger partial charge in [0.05, 0.1) is 6.20 Å². The van der Waals surface area contributed by atoms with Crippen LogP contribution in [0, 0.1) is 0 Å². The van der Waals surface area contributed by atoms with Gasteiger partial charge in [-0.1, -0.05) is 6.92 Å². The third-order valence-corrected chi connectivity index (χ3v) is 2.42. The summed E-state index contributed by atoms with van der Waals surface area (Å²) in [5.74, 6) is 0.683. The third-order valence-electron chi connectivity index (χ3n) is 2.42. The minimum absolute atomic E-state index is 0.0817.